The number of rotatable bonds is 2. The van der Waals surface area contributed by atoms with Crippen molar-refractivity contribution >= 4 is 11.4 Å². The quantitative estimate of drug-likeness (QED) is 0.387. The molecule has 7 heteroatoms. The highest BCUT2D eigenvalue weighted by Gasteiger charge is 2.28. The van der Waals surface area contributed by atoms with Crippen molar-refractivity contribution in [2.45, 2.75) is 0 Å². The zero-order valence-corrected chi connectivity index (χ0v) is 6.26. The maximum absolute atomic E-state index is 10.3. The normalized spacial score (nSPS) is 9.54. The topological polar surface area (TPSA) is 109 Å². The molecule has 0 atom stereocenters. The zero-order chi connectivity index (χ0) is 10.0. The SMILES string of the molecule is O=[N+]([O-])c1cccc([N+](=O)[O-])c1[OH2+]. The number of hydrogen-bond donors (Lipinski definition) is 0. The number of hydrogen-bond acceptors (Lipinski definition) is 4. The van der Waals surface area contributed by atoms with Crippen molar-refractivity contribution in [3.8, 4) is 5.75 Å². The Bertz CT molecular complexity index is 343. The van der Waals surface area contributed by atoms with E-state index >= 15 is 0 Å². The summed E-state index contributed by atoms with van der Waals surface area (Å²) in [4.78, 5) is 18.9. The van der Waals surface area contributed by atoms with Crippen molar-refractivity contribution in [3.63, 3.8) is 0 Å². The van der Waals surface area contributed by atoms with Gasteiger partial charge in [0, 0.05) is 12.1 Å². The van der Waals surface area contributed by atoms with Gasteiger partial charge in [0.2, 0.25) is 0 Å². The molecule has 0 fully saturated rings. The average Bonchev–Trinajstić information content (AvgIpc) is 2.03. The van der Waals surface area contributed by atoms with Gasteiger partial charge in [0.05, 0.1) is 9.85 Å². The van der Waals surface area contributed by atoms with E-state index in [-0.39, 0.29) is 0 Å². The van der Waals surface area contributed by atoms with E-state index in [4.69, 9.17) is 5.11 Å². The average molecular weight is 185 g/mol. The minimum absolute atomic E-state index is 0.561. The second-order valence-electron chi connectivity index (χ2n) is 2.19. The van der Waals surface area contributed by atoms with Gasteiger partial charge in [0.1, 0.15) is 0 Å². The predicted molar refractivity (Wildman–Crippen MR) is 42.8 cm³/mol. The second-order valence-corrected chi connectivity index (χ2v) is 2.19. The van der Waals surface area contributed by atoms with E-state index in [9.17, 15) is 20.2 Å². The minimum atomic E-state index is -0.824. The Balaban J connectivity index is 3.35. The van der Waals surface area contributed by atoms with Gasteiger partial charge in [-0.15, -0.1) is 0 Å². The third-order valence-electron chi connectivity index (χ3n) is 1.41. The summed E-state index contributed by atoms with van der Waals surface area (Å²) < 4.78 is 0. The Kier molecular flexibility index (Phi) is 2.09. The van der Waals surface area contributed by atoms with E-state index < -0.39 is 27.0 Å². The van der Waals surface area contributed by atoms with E-state index in [0.29, 0.717) is 0 Å². The lowest BCUT2D eigenvalue weighted by Gasteiger charge is -1.92. The van der Waals surface area contributed by atoms with Gasteiger partial charge in [-0.3, -0.25) is 20.2 Å². The first-order valence-corrected chi connectivity index (χ1v) is 3.17. The Labute approximate surface area is 71.5 Å². The fourth-order valence-electron chi connectivity index (χ4n) is 0.833. The summed E-state index contributed by atoms with van der Waals surface area (Å²) in [6, 6.07) is 3.28. The van der Waals surface area contributed by atoms with Crippen LogP contribution >= 0.6 is 0 Å². The van der Waals surface area contributed by atoms with Gasteiger partial charge in [-0.25, -0.2) is 0 Å². The fourth-order valence-corrected chi connectivity index (χ4v) is 0.833. The van der Waals surface area contributed by atoms with Gasteiger partial charge in [0.15, 0.2) is 0 Å². The molecule has 1 aromatic rings. The summed E-state index contributed by atoms with van der Waals surface area (Å²) in [6.07, 6.45) is 0. The van der Waals surface area contributed by atoms with Crippen LogP contribution in [0.15, 0.2) is 18.2 Å². The van der Waals surface area contributed by atoms with Crippen molar-refractivity contribution in [2.24, 2.45) is 0 Å². The van der Waals surface area contributed by atoms with Crippen LogP contribution in [0, 0.1) is 20.2 Å². The monoisotopic (exact) mass is 185 g/mol. The van der Waals surface area contributed by atoms with Crippen LogP contribution in [0.4, 0.5) is 11.4 Å². The highest BCUT2D eigenvalue weighted by Crippen LogP contribution is 2.34. The molecule has 0 aliphatic rings. The molecule has 0 saturated heterocycles. The molecule has 7 nitrogen and oxygen atoms in total. The summed E-state index contributed by atoms with van der Waals surface area (Å²) in [5, 5.41) is 27.6. The highest BCUT2D eigenvalue weighted by atomic mass is 16.6. The van der Waals surface area contributed by atoms with Gasteiger partial charge in [-0.2, -0.15) is 0 Å². The summed E-state index contributed by atoms with van der Waals surface area (Å²) in [7, 11) is 0. The predicted octanol–water partition coefficient (Wildman–Crippen LogP) is 0.941. The van der Waals surface area contributed by atoms with Crippen LogP contribution in [-0.4, -0.2) is 15.0 Å². The van der Waals surface area contributed by atoms with Crippen LogP contribution < -0.4 is 0 Å². The summed E-state index contributed by atoms with van der Waals surface area (Å²) in [5.74, 6) is -0.669. The third kappa shape index (κ3) is 1.53. The Hall–Kier alpha value is -2.18. The molecule has 0 radical (unpaired) electrons. The number of nitrogens with zero attached hydrogens (tertiary/aromatic N) is 2. The largest absolute Gasteiger partial charge is 0.584 e. The number of para-hydroxylation sites is 1. The van der Waals surface area contributed by atoms with Crippen LogP contribution in [-0.2, 0) is 0 Å². The van der Waals surface area contributed by atoms with Crippen molar-refractivity contribution in [2.75, 3.05) is 0 Å². The number of benzene rings is 1. The van der Waals surface area contributed by atoms with Crippen LogP contribution in [0.2, 0.25) is 0 Å². The van der Waals surface area contributed by atoms with Crippen LogP contribution in [0.3, 0.4) is 0 Å². The zero-order valence-electron chi connectivity index (χ0n) is 6.26. The van der Waals surface area contributed by atoms with Crippen molar-refractivity contribution in [3.05, 3.63) is 38.4 Å². The number of nitro benzene ring substituents is 2. The summed E-state index contributed by atoms with van der Waals surface area (Å²) >= 11 is 0. The molecule has 1 aromatic carbocycles. The van der Waals surface area contributed by atoms with E-state index in [1.54, 1.807) is 0 Å². The lowest BCUT2D eigenvalue weighted by Crippen LogP contribution is -1.93. The first kappa shape index (κ1) is 8.91. The first-order valence-electron chi connectivity index (χ1n) is 3.17. The highest BCUT2D eigenvalue weighted by molar-refractivity contribution is 5.58. The molecule has 0 amide bonds. The first-order chi connectivity index (χ1) is 6.04. The maximum Gasteiger partial charge on any atom is 0.412 e. The van der Waals surface area contributed by atoms with E-state index in [2.05, 4.69) is 0 Å². The van der Waals surface area contributed by atoms with E-state index in [1.165, 1.54) is 6.07 Å². The molecule has 0 unspecified atom stereocenters. The standard InChI is InChI=1S/C6H4N2O5/c9-6-4(7(10)11)2-1-3-5(6)8(12)13/h1-3,9H/p+1. The lowest BCUT2D eigenvalue weighted by molar-refractivity contribution is -0.396. The van der Waals surface area contributed by atoms with Gasteiger partial charge >= 0.3 is 17.1 Å². The molecule has 0 spiro atoms. The maximum atomic E-state index is 10.3. The van der Waals surface area contributed by atoms with Gasteiger partial charge in [-0.05, 0) is 6.07 Å². The van der Waals surface area contributed by atoms with Gasteiger partial charge in [-0.1, -0.05) is 0 Å². The molecule has 2 N–H and O–H groups in total. The molecule has 1 rings (SSSR count). The Morgan fingerprint density at radius 3 is 1.77 bits per heavy atom. The van der Waals surface area contributed by atoms with Crippen molar-refractivity contribution < 1.29 is 15.0 Å². The smallest absolute Gasteiger partial charge is 0.412 e. The molecule has 0 aromatic heterocycles. The minimum Gasteiger partial charge on any atom is -0.584 e. The van der Waals surface area contributed by atoms with Crippen LogP contribution in [0.5, 0.6) is 5.75 Å². The molecular weight excluding hydrogens is 180 g/mol. The second kappa shape index (κ2) is 3.05. The van der Waals surface area contributed by atoms with Crippen molar-refractivity contribution in [1.29, 1.82) is 0 Å². The summed E-state index contributed by atoms with van der Waals surface area (Å²) in [6.45, 7) is 0. The molecule has 0 saturated carbocycles. The van der Waals surface area contributed by atoms with Gasteiger partial charge < -0.3 is 5.11 Å². The molecule has 68 valence electrons. The van der Waals surface area contributed by atoms with E-state index in [0.717, 1.165) is 12.1 Å². The Morgan fingerprint density at radius 2 is 1.46 bits per heavy atom. The van der Waals surface area contributed by atoms with E-state index in [1.807, 2.05) is 0 Å². The fraction of sp³-hybridized carbons (Fsp3) is 0. The van der Waals surface area contributed by atoms with Gasteiger partial charge in [0.25, 0.3) is 0 Å². The van der Waals surface area contributed by atoms with Crippen LogP contribution in [0.25, 0.3) is 0 Å². The molecular formula is C6H5N2O5+. The molecule has 0 aliphatic heterocycles. The van der Waals surface area contributed by atoms with Crippen LogP contribution in [0.1, 0.15) is 0 Å². The molecule has 13 heavy (non-hydrogen) atoms. The van der Waals surface area contributed by atoms with Crippen molar-refractivity contribution in [1.82, 2.24) is 0 Å². The third-order valence-corrected chi connectivity index (χ3v) is 1.41. The number of nitro groups is 2. The molecule has 0 aliphatic carbocycles. The molecule has 0 bridgehead atoms. The molecule has 0 heterocycles. The summed E-state index contributed by atoms with van der Waals surface area (Å²) in [5.41, 5.74) is -1.12. The Morgan fingerprint density at radius 1 is 1.08 bits per heavy atom. The lowest BCUT2D eigenvalue weighted by atomic mass is 10.2.